The molecule has 1 N–H and O–H groups in total. The zero-order valence-electron chi connectivity index (χ0n) is 8.04. The molecule has 0 aromatic heterocycles. The molecule has 0 radical (unpaired) electrons. The Labute approximate surface area is 80.5 Å². The van der Waals surface area contributed by atoms with E-state index in [4.69, 9.17) is 5.11 Å². The molecule has 0 saturated heterocycles. The lowest BCUT2D eigenvalue weighted by Gasteiger charge is -2.26. The summed E-state index contributed by atoms with van der Waals surface area (Å²) in [5.41, 5.74) is 0. The van der Waals surface area contributed by atoms with Crippen molar-refractivity contribution in [1.29, 1.82) is 0 Å². The van der Waals surface area contributed by atoms with Crippen LogP contribution in [0.25, 0.3) is 0 Å². The molecule has 1 atom stereocenters. The molecule has 0 aromatic carbocycles. The van der Waals surface area contributed by atoms with Crippen molar-refractivity contribution in [3.05, 3.63) is 0 Å². The van der Waals surface area contributed by atoms with Gasteiger partial charge in [0.2, 0.25) is 0 Å². The van der Waals surface area contributed by atoms with Gasteiger partial charge in [-0.15, -0.1) is 0 Å². The maximum atomic E-state index is 12.0. The van der Waals surface area contributed by atoms with Crippen LogP contribution in [0.5, 0.6) is 0 Å². The van der Waals surface area contributed by atoms with Gasteiger partial charge in [-0.25, -0.2) is 0 Å². The molecule has 14 heavy (non-hydrogen) atoms. The Balaban J connectivity index is 4.54. The first kappa shape index (κ1) is 12.8. The lowest BCUT2D eigenvalue weighted by molar-refractivity contribution is -0.152. The van der Waals surface area contributed by atoms with E-state index in [0.717, 1.165) is 0 Å². The standard InChI is InChI=1S/C8H13F2NO3/c1-3-5(2)11(4-6(12)13)8(14)7(9)10/h5,7H,3-4H2,1-2H3,(H,12,13). The molecule has 1 amide bonds. The third-order valence-electron chi connectivity index (χ3n) is 1.90. The zero-order chi connectivity index (χ0) is 11.3. The Kier molecular flexibility index (Phi) is 5.04. The minimum Gasteiger partial charge on any atom is -0.480 e. The number of carboxylic acid groups (broad SMARTS) is 1. The predicted molar refractivity (Wildman–Crippen MR) is 45.1 cm³/mol. The lowest BCUT2D eigenvalue weighted by Crippen LogP contribution is -2.44. The Hall–Kier alpha value is -1.20. The number of carbonyl (C=O) groups is 2. The number of aliphatic carboxylic acids is 1. The topological polar surface area (TPSA) is 57.6 Å². The van der Waals surface area contributed by atoms with Crippen LogP contribution < -0.4 is 0 Å². The van der Waals surface area contributed by atoms with E-state index in [9.17, 15) is 18.4 Å². The molecule has 0 saturated carbocycles. The molecule has 0 aromatic rings. The summed E-state index contributed by atoms with van der Waals surface area (Å²) in [6.45, 7) is 2.54. The van der Waals surface area contributed by atoms with Crippen LogP contribution >= 0.6 is 0 Å². The fourth-order valence-corrected chi connectivity index (χ4v) is 0.942. The van der Waals surface area contributed by atoms with Crippen molar-refractivity contribution >= 4 is 11.9 Å². The lowest BCUT2D eigenvalue weighted by atomic mass is 10.2. The molecule has 0 bridgehead atoms. The van der Waals surface area contributed by atoms with E-state index in [1.807, 2.05) is 0 Å². The van der Waals surface area contributed by atoms with Crippen LogP contribution in [0.15, 0.2) is 0 Å². The summed E-state index contributed by atoms with van der Waals surface area (Å²) < 4.78 is 24.1. The van der Waals surface area contributed by atoms with Crippen molar-refractivity contribution in [3.8, 4) is 0 Å². The Morgan fingerprint density at radius 1 is 1.43 bits per heavy atom. The minimum atomic E-state index is -3.15. The second kappa shape index (κ2) is 5.51. The van der Waals surface area contributed by atoms with Crippen molar-refractivity contribution in [2.24, 2.45) is 0 Å². The molecule has 0 rings (SSSR count). The number of rotatable bonds is 5. The van der Waals surface area contributed by atoms with Crippen LogP contribution in [0.2, 0.25) is 0 Å². The molecular weight excluding hydrogens is 196 g/mol. The van der Waals surface area contributed by atoms with Gasteiger partial charge in [0.15, 0.2) is 0 Å². The summed E-state index contributed by atoms with van der Waals surface area (Å²) in [6, 6.07) is -0.493. The van der Waals surface area contributed by atoms with Gasteiger partial charge in [0.05, 0.1) is 0 Å². The van der Waals surface area contributed by atoms with Crippen LogP contribution in [-0.2, 0) is 9.59 Å². The molecular formula is C8H13F2NO3. The Bertz CT molecular complexity index is 221. The molecule has 4 nitrogen and oxygen atoms in total. The number of amides is 1. The van der Waals surface area contributed by atoms with Gasteiger partial charge in [-0.1, -0.05) is 6.92 Å². The first-order valence-electron chi connectivity index (χ1n) is 4.20. The average molecular weight is 209 g/mol. The number of nitrogens with zero attached hydrogens (tertiary/aromatic N) is 1. The third kappa shape index (κ3) is 3.68. The van der Waals surface area contributed by atoms with E-state index in [2.05, 4.69) is 0 Å². The molecule has 1 unspecified atom stereocenters. The van der Waals surface area contributed by atoms with E-state index in [1.165, 1.54) is 6.92 Å². The molecule has 0 aliphatic carbocycles. The first-order valence-corrected chi connectivity index (χ1v) is 4.20. The van der Waals surface area contributed by atoms with E-state index in [0.29, 0.717) is 11.3 Å². The van der Waals surface area contributed by atoms with Gasteiger partial charge >= 0.3 is 12.4 Å². The largest absolute Gasteiger partial charge is 0.480 e. The SMILES string of the molecule is CCC(C)N(CC(=O)O)C(=O)C(F)F. The van der Waals surface area contributed by atoms with Crippen LogP contribution in [0.3, 0.4) is 0 Å². The maximum Gasteiger partial charge on any atom is 0.323 e. The van der Waals surface area contributed by atoms with Gasteiger partial charge in [0, 0.05) is 6.04 Å². The monoisotopic (exact) mass is 209 g/mol. The number of alkyl halides is 2. The van der Waals surface area contributed by atoms with E-state index >= 15 is 0 Å². The van der Waals surface area contributed by atoms with Crippen molar-refractivity contribution < 1.29 is 23.5 Å². The van der Waals surface area contributed by atoms with E-state index < -0.39 is 30.9 Å². The van der Waals surface area contributed by atoms with Gasteiger partial charge in [-0.2, -0.15) is 8.78 Å². The van der Waals surface area contributed by atoms with Crippen molar-refractivity contribution in [1.82, 2.24) is 4.90 Å². The number of hydrogen-bond acceptors (Lipinski definition) is 2. The first-order chi connectivity index (χ1) is 6.40. The number of carboxylic acids is 1. The molecule has 0 spiro atoms. The van der Waals surface area contributed by atoms with E-state index in [-0.39, 0.29) is 0 Å². The smallest absolute Gasteiger partial charge is 0.323 e. The summed E-state index contributed by atoms with van der Waals surface area (Å²) in [7, 11) is 0. The molecule has 0 fully saturated rings. The van der Waals surface area contributed by atoms with Crippen molar-refractivity contribution in [3.63, 3.8) is 0 Å². The van der Waals surface area contributed by atoms with Gasteiger partial charge in [-0.05, 0) is 13.3 Å². The molecule has 6 heteroatoms. The average Bonchev–Trinajstić information content (AvgIpc) is 2.11. The Morgan fingerprint density at radius 3 is 2.21 bits per heavy atom. The quantitative estimate of drug-likeness (QED) is 0.733. The van der Waals surface area contributed by atoms with Crippen LogP contribution in [-0.4, -0.2) is 40.9 Å². The summed E-state index contributed by atoms with van der Waals surface area (Å²) >= 11 is 0. The number of hydrogen-bond donors (Lipinski definition) is 1. The van der Waals surface area contributed by atoms with Gasteiger partial charge in [0.25, 0.3) is 5.91 Å². The van der Waals surface area contributed by atoms with Gasteiger partial charge < -0.3 is 10.0 Å². The molecule has 0 aliphatic heterocycles. The minimum absolute atomic E-state index is 0.436. The van der Waals surface area contributed by atoms with Gasteiger partial charge in [-0.3, -0.25) is 9.59 Å². The van der Waals surface area contributed by atoms with E-state index in [1.54, 1.807) is 6.92 Å². The predicted octanol–water partition coefficient (Wildman–Crippen LogP) is 0.963. The number of carbonyl (C=O) groups excluding carboxylic acids is 1. The summed E-state index contributed by atoms with van der Waals surface area (Å²) in [5, 5.41) is 8.42. The normalized spacial score (nSPS) is 12.6. The Morgan fingerprint density at radius 2 is 1.93 bits per heavy atom. The fourth-order valence-electron chi connectivity index (χ4n) is 0.942. The third-order valence-corrected chi connectivity index (χ3v) is 1.90. The number of halogens is 2. The highest BCUT2D eigenvalue weighted by Gasteiger charge is 2.28. The highest BCUT2D eigenvalue weighted by molar-refractivity contribution is 5.83. The summed E-state index contributed by atoms with van der Waals surface area (Å²) in [6.07, 6.45) is -2.71. The molecule has 82 valence electrons. The van der Waals surface area contributed by atoms with Crippen LogP contribution in [0, 0.1) is 0 Å². The highest BCUT2D eigenvalue weighted by atomic mass is 19.3. The summed E-state index contributed by atoms with van der Waals surface area (Å²) in [5.74, 6) is -2.72. The van der Waals surface area contributed by atoms with Gasteiger partial charge in [0.1, 0.15) is 6.54 Å². The fraction of sp³-hybridized carbons (Fsp3) is 0.750. The maximum absolute atomic E-state index is 12.0. The highest BCUT2D eigenvalue weighted by Crippen LogP contribution is 2.08. The van der Waals surface area contributed by atoms with Crippen molar-refractivity contribution in [2.75, 3.05) is 6.54 Å². The summed E-state index contributed by atoms with van der Waals surface area (Å²) in [4.78, 5) is 21.9. The van der Waals surface area contributed by atoms with Crippen molar-refractivity contribution in [2.45, 2.75) is 32.7 Å². The second-order valence-electron chi connectivity index (χ2n) is 2.92. The second-order valence-corrected chi connectivity index (χ2v) is 2.92. The molecule has 0 heterocycles. The van der Waals surface area contributed by atoms with Crippen LogP contribution in [0.1, 0.15) is 20.3 Å². The molecule has 0 aliphatic rings. The zero-order valence-corrected chi connectivity index (χ0v) is 8.04. The van der Waals surface area contributed by atoms with Crippen LogP contribution in [0.4, 0.5) is 8.78 Å².